The van der Waals surface area contributed by atoms with Gasteiger partial charge >= 0.3 is 0 Å². The van der Waals surface area contributed by atoms with E-state index in [-0.39, 0.29) is 18.4 Å². The molecule has 2 rings (SSSR count). The predicted octanol–water partition coefficient (Wildman–Crippen LogP) is 1.67. The topological polar surface area (TPSA) is 66.5 Å². The molecule has 0 aromatic heterocycles. The minimum absolute atomic E-state index is 0.0737. The van der Waals surface area contributed by atoms with Crippen molar-refractivity contribution in [1.82, 2.24) is 9.62 Å². The van der Waals surface area contributed by atoms with Crippen molar-refractivity contribution in [2.24, 2.45) is 5.92 Å². The maximum Gasteiger partial charge on any atom is 0.224 e. The molecule has 7 heteroatoms. The Kier molecular flexibility index (Phi) is 5.83. The average molecular weight is 345 g/mol. The number of amides is 1. The SMILES string of the molecule is CS(=O)(=O)N1CCCC(C(=O)NCCc2cccc(Cl)c2)C1. The van der Waals surface area contributed by atoms with Gasteiger partial charge in [0.15, 0.2) is 0 Å². The standard InChI is InChI=1S/C15H21ClN2O3S/c1-22(20,21)18-9-3-5-13(11-18)15(19)17-8-7-12-4-2-6-14(16)10-12/h2,4,6,10,13H,3,5,7-9,11H2,1H3,(H,17,19). The fraction of sp³-hybridized carbons (Fsp3) is 0.533. The fourth-order valence-electron chi connectivity index (χ4n) is 2.62. The largest absolute Gasteiger partial charge is 0.355 e. The first-order valence-electron chi connectivity index (χ1n) is 7.33. The molecular weight excluding hydrogens is 324 g/mol. The van der Waals surface area contributed by atoms with Crippen LogP contribution >= 0.6 is 11.6 Å². The lowest BCUT2D eigenvalue weighted by molar-refractivity contribution is -0.126. The van der Waals surface area contributed by atoms with Gasteiger partial charge < -0.3 is 5.32 Å². The van der Waals surface area contributed by atoms with Crippen molar-refractivity contribution in [2.75, 3.05) is 25.9 Å². The Labute approximate surface area is 136 Å². The van der Waals surface area contributed by atoms with Gasteiger partial charge in [0.1, 0.15) is 0 Å². The Morgan fingerprint density at radius 1 is 1.45 bits per heavy atom. The molecule has 1 amide bonds. The number of hydrogen-bond donors (Lipinski definition) is 1. The van der Waals surface area contributed by atoms with Gasteiger partial charge in [0.05, 0.1) is 12.2 Å². The third kappa shape index (κ3) is 4.97. The van der Waals surface area contributed by atoms with E-state index in [9.17, 15) is 13.2 Å². The third-order valence-electron chi connectivity index (χ3n) is 3.83. The first-order valence-corrected chi connectivity index (χ1v) is 9.56. The quantitative estimate of drug-likeness (QED) is 0.883. The van der Waals surface area contributed by atoms with Crippen LogP contribution in [0.25, 0.3) is 0 Å². The molecule has 5 nitrogen and oxygen atoms in total. The van der Waals surface area contributed by atoms with E-state index in [1.807, 2.05) is 24.3 Å². The number of carbonyl (C=O) groups is 1. The van der Waals surface area contributed by atoms with Crippen LogP contribution in [0.15, 0.2) is 24.3 Å². The molecule has 0 spiro atoms. The highest BCUT2D eigenvalue weighted by Crippen LogP contribution is 2.18. The van der Waals surface area contributed by atoms with E-state index in [2.05, 4.69) is 5.32 Å². The minimum atomic E-state index is -3.22. The molecular formula is C15H21ClN2O3S. The van der Waals surface area contributed by atoms with Crippen molar-refractivity contribution in [2.45, 2.75) is 19.3 Å². The van der Waals surface area contributed by atoms with Crippen molar-refractivity contribution < 1.29 is 13.2 Å². The van der Waals surface area contributed by atoms with Crippen LogP contribution in [0.5, 0.6) is 0 Å². The highest BCUT2D eigenvalue weighted by atomic mass is 35.5. The lowest BCUT2D eigenvalue weighted by atomic mass is 9.99. The maximum atomic E-state index is 12.2. The van der Waals surface area contributed by atoms with E-state index >= 15 is 0 Å². The van der Waals surface area contributed by atoms with Crippen LogP contribution in [0.1, 0.15) is 18.4 Å². The van der Waals surface area contributed by atoms with Gasteiger partial charge in [-0.1, -0.05) is 23.7 Å². The smallest absolute Gasteiger partial charge is 0.224 e. The first kappa shape index (κ1) is 17.2. The summed E-state index contributed by atoms with van der Waals surface area (Å²) in [6, 6.07) is 7.53. The zero-order valence-electron chi connectivity index (χ0n) is 12.6. The second kappa shape index (κ2) is 7.44. The first-order chi connectivity index (χ1) is 10.4. The highest BCUT2D eigenvalue weighted by molar-refractivity contribution is 7.88. The molecule has 1 atom stereocenters. The molecule has 1 heterocycles. The van der Waals surface area contributed by atoms with E-state index in [0.717, 1.165) is 18.4 Å². The predicted molar refractivity (Wildman–Crippen MR) is 87.3 cm³/mol. The lowest BCUT2D eigenvalue weighted by Gasteiger charge is -2.30. The van der Waals surface area contributed by atoms with Crippen LogP contribution in [-0.4, -0.2) is 44.5 Å². The molecule has 0 radical (unpaired) electrons. The lowest BCUT2D eigenvalue weighted by Crippen LogP contribution is -2.45. The van der Waals surface area contributed by atoms with Crippen molar-refractivity contribution in [3.63, 3.8) is 0 Å². The Morgan fingerprint density at radius 3 is 2.91 bits per heavy atom. The summed E-state index contributed by atoms with van der Waals surface area (Å²) >= 11 is 5.92. The number of carbonyl (C=O) groups excluding carboxylic acids is 1. The Hall–Kier alpha value is -1.11. The summed E-state index contributed by atoms with van der Waals surface area (Å²) in [6.07, 6.45) is 3.34. The summed E-state index contributed by atoms with van der Waals surface area (Å²) in [4.78, 5) is 12.2. The van der Waals surface area contributed by atoms with E-state index in [1.165, 1.54) is 10.6 Å². The Morgan fingerprint density at radius 2 is 2.23 bits per heavy atom. The van der Waals surface area contributed by atoms with Crippen molar-refractivity contribution in [3.8, 4) is 0 Å². The van der Waals surface area contributed by atoms with Gasteiger partial charge in [-0.15, -0.1) is 0 Å². The van der Waals surface area contributed by atoms with Gasteiger partial charge in [-0.3, -0.25) is 4.79 Å². The molecule has 22 heavy (non-hydrogen) atoms. The molecule has 1 aliphatic rings. The van der Waals surface area contributed by atoms with Crippen LogP contribution in [-0.2, 0) is 21.2 Å². The summed E-state index contributed by atoms with van der Waals surface area (Å²) in [7, 11) is -3.22. The number of nitrogens with one attached hydrogen (secondary N) is 1. The van der Waals surface area contributed by atoms with E-state index in [4.69, 9.17) is 11.6 Å². The summed E-state index contributed by atoms with van der Waals surface area (Å²) < 4.78 is 24.5. The molecule has 1 aromatic carbocycles. The van der Waals surface area contributed by atoms with Gasteiger partial charge in [0.25, 0.3) is 0 Å². The summed E-state index contributed by atoms with van der Waals surface area (Å²) in [5.74, 6) is -0.335. The average Bonchev–Trinajstić information content (AvgIpc) is 2.46. The Balaban J connectivity index is 1.82. The number of halogens is 1. The van der Waals surface area contributed by atoms with Gasteiger partial charge in [0, 0.05) is 24.7 Å². The van der Waals surface area contributed by atoms with Crippen molar-refractivity contribution in [3.05, 3.63) is 34.9 Å². The highest BCUT2D eigenvalue weighted by Gasteiger charge is 2.29. The van der Waals surface area contributed by atoms with Crippen LogP contribution in [0.2, 0.25) is 5.02 Å². The minimum Gasteiger partial charge on any atom is -0.355 e. The van der Waals surface area contributed by atoms with E-state index < -0.39 is 10.0 Å². The second-order valence-corrected chi connectivity index (χ2v) is 8.05. The molecule has 122 valence electrons. The van der Waals surface area contributed by atoms with Crippen LogP contribution < -0.4 is 5.32 Å². The van der Waals surface area contributed by atoms with Crippen LogP contribution in [0, 0.1) is 5.92 Å². The Bertz CT molecular complexity index is 633. The summed E-state index contributed by atoms with van der Waals surface area (Å²) in [5, 5.41) is 3.57. The number of nitrogens with zero attached hydrogens (tertiary/aromatic N) is 1. The van der Waals surface area contributed by atoms with Crippen LogP contribution in [0.3, 0.4) is 0 Å². The zero-order valence-corrected chi connectivity index (χ0v) is 14.2. The number of benzene rings is 1. The fourth-order valence-corrected chi connectivity index (χ4v) is 3.75. The van der Waals surface area contributed by atoms with Crippen molar-refractivity contribution in [1.29, 1.82) is 0 Å². The van der Waals surface area contributed by atoms with Gasteiger partial charge in [-0.25, -0.2) is 12.7 Å². The number of sulfonamides is 1. The van der Waals surface area contributed by atoms with Crippen LogP contribution in [0.4, 0.5) is 0 Å². The maximum absolute atomic E-state index is 12.2. The molecule has 0 aliphatic carbocycles. The van der Waals surface area contributed by atoms with Crippen molar-refractivity contribution >= 4 is 27.5 Å². The van der Waals surface area contributed by atoms with Gasteiger partial charge in [-0.05, 0) is 37.0 Å². The molecule has 1 fully saturated rings. The molecule has 0 bridgehead atoms. The summed E-state index contributed by atoms with van der Waals surface area (Å²) in [6.45, 7) is 1.31. The molecule has 1 unspecified atom stereocenters. The monoisotopic (exact) mass is 344 g/mol. The molecule has 1 N–H and O–H groups in total. The van der Waals surface area contributed by atoms with Gasteiger partial charge in [-0.2, -0.15) is 0 Å². The van der Waals surface area contributed by atoms with E-state index in [1.54, 1.807) is 0 Å². The normalized spacial score (nSPS) is 19.8. The second-order valence-electron chi connectivity index (χ2n) is 5.63. The zero-order chi connectivity index (χ0) is 16.2. The van der Waals surface area contributed by atoms with Gasteiger partial charge in [0.2, 0.25) is 15.9 Å². The number of rotatable bonds is 5. The summed E-state index contributed by atoms with van der Waals surface area (Å²) in [5.41, 5.74) is 1.06. The molecule has 0 saturated carbocycles. The van der Waals surface area contributed by atoms with E-state index in [0.29, 0.717) is 24.5 Å². The number of piperidine rings is 1. The molecule has 1 aliphatic heterocycles. The molecule has 1 saturated heterocycles. The molecule has 1 aromatic rings. The number of hydrogen-bond acceptors (Lipinski definition) is 3. The third-order valence-corrected chi connectivity index (χ3v) is 5.33.